The first kappa shape index (κ1) is 9.79. The van der Waals surface area contributed by atoms with E-state index in [9.17, 15) is 0 Å². The van der Waals surface area contributed by atoms with E-state index in [-0.39, 0.29) is 6.04 Å². The Balaban J connectivity index is 2.83. The largest absolute Gasteiger partial charge is 0.322 e. The van der Waals surface area contributed by atoms with Crippen LogP contribution in [0.5, 0.6) is 0 Å². The van der Waals surface area contributed by atoms with E-state index in [1.807, 2.05) is 6.92 Å². The molecule has 0 amide bonds. The Morgan fingerprint density at radius 3 is 2.92 bits per heavy atom. The molecule has 0 aliphatic rings. The van der Waals surface area contributed by atoms with Crippen molar-refractivity contribution in [1.82, 2.24) is 0 Å². The van der Waals surface area contributed by atoms with Crippen molar-refractivity contribution in [2.75, 3.05) is 0 Å². The molecule has 3 heteroatoms. The first-order valence-corrected chi connectivity index (χ1v) is 5.21. The van der Waals surface area contributed by atoms with Gasteiger partial charge in [0.2, 0.25) is 0 Å². The molecule has 1 atom stereocenters. The molecule has 0 aliphatic heterocycles. The van der Waals surface area contributed by atoms with Crippen molar-refractivity contribution in [2.24, 2.45) is 5.73 Å². The maximum Gasteiger partial charge on any atom is 0.0731 e. The summed E-state index contributed by atoms with van der Waals surface area (Å²) in [5, 5.41) is 0. The highest BCUT2D eigenvalue weighted by Crippen LogP contribution is 2.31. The summed E-state index contributed by atoms with van der Waals surface area (Å²) in [6.07, 6.45) is 5.78. The molecule has 0 aromatic carbocycles. The van der Waals surface area contributed by atoms with Crippen molar-refractivity contribution < 1.29 is 0 Å². The van der Waals surface area contributed by atoms with Gasteiger partial charge in [-0.25, -0.2) is 0 Å². The zero-order chi connectivity index (χ0) is 9.14. The Morgan fingerprint density at radius 2 is 2.50 bits per heavy atom. The van der Waals surface area contributed by atoms with E-state index in [1.165, 1.54) is 5.56 Å². The Kier molecular flexibility index (Phi) is 3.33. The molecule has 0 radical (unpaired) electrons. The molecule has 0 aliphatic carbocycles. The number of aryl methyl sites for hydroxylation is 1. The third-order valence-corrected chi connectivity index (χ3v) is 3.85. The number of rotatable bonds is 2. The van der Waals surface area contributed by atoms with Gasteiger partial charge < -0.3 is 5.73 Å². The smallest absolute Gasteiger partial charge is 0.0731 e. The van der Waals surface area contributed by atoms with Gasteiger partial charge in [-0.15, -0.1) is 23.7 Å². The predicted molar refractivity (Wildman–Crippen MR) is 57.1 cm³/mol. The lowest BCUT2D eigenvalue weighted by Gasteiger charge is -2.02. The van der Waals surface area contributed by atoms with Crippen LogP contribution < -0.4 is 5.73 Å². The quantitative estimate of drug-likeness (QED) is 0.795. The molecule has 64 valence electrons. The molecule has 0 saturated carbocycles. The highest BCUT2D eigenvalue weighted by Gasteiger charge is 2.09. The molecule has 1 unspecified atom stereocenters. The monoisotopic (exact) mass is 243 g/mol. The normalized spacial score (nSPS) is 12.5. The van der Waals surface area contributed by atoms with Crippen LogP contribution in [0.3, 0.4) is 0 Å². The zero-order valence-corrected chi connectivity index (χ0v) is 9.21. The van der Waals surface area contributed by atoms with Gasteiger partial charge in [0.25, 0.3) is 0 Å². The Bertz CT molecular complexity index is 291. The number of halogens is 1. The molecule has 12 heavy (non-hydrogen) atoms. The van der Waals surface area contributed by atoms with E-state index in [0.717, 1.165) is 8.66 Å². The van der Waals surface area contributed by atoms with Crippen LogP contribution in [0.15, 0.2) is 9.85 Å². The van der Waals surface area contributed by atoms with Crippen LogP contribution in [0, 0.1) is 19.3 Å². The Labute approximate surface area is 85.1 Å². The number of nitrogens with two attached hydrogens (primary N) is 1. The summed E-state index contributed by atoms with van der Waals surface area (Å²) in [4.78, 5) is 1.15. The van der Waals surface area contributed by atoms with E-state index < -0.39 is 0 Å². The second kappa shape index (κ2) is 4.08. The van der Waals surface area contributed by atoms with Crippen LogP contribution in [0.2, 0.25) is 0 Å². The zero-order valence-electron chi connectivity index (χ0n) is 6.80. The van der Waals surface area contributed by atoms with Crippen molar-refractivity contribution in [3.8, 4) is 12.3 Å². The van der Waals surface area contributed by atoms with Crippen LogP contribution in [0.1, 0.15) is 22.9 Å². The summed E-state index contributed by atoms with van der Waals surface area (Å²) in [5.74, 6) is 2.56. The van der Waals surface area contributed by atoms with E-state index in [4.69, 9.17) is 12.2 Å². The minimum atomic E-state index is -0.00926. The second-order valence-electron chi connectivity index (χ2n) is 2.62. The van der Waals surface area contributed by atoms with Crippen LogP contribution in [0.25, 0.3) is 0 Å². The van der Waals surface area contributed by atoms with Crippen LogP contribution in [-0.2, 0) is 0 Å². The molecule has 1 nitrogen and oxygen atoms in total. The number of hydrogen-bond donors (Lipinski definition) is 1. The van der Waals surface area contributed by atoms with Crippen LogP contribution >= 0.6 is 27.3 Å². The molecule has 0 fully saturated rings. The average Bonchev–Trinajstić information content (AvgIpc) is 2.33. The highest BCUT2D eigenvalue weighted by molar-refractivity contribution is 9.11. The van der Waals surface area contributed by atoms with E-state index in [0.29, 0.717) is 6.42 Å². The van der Waals surface area contributed by atoms with E-state index in [2.05, 4.69) is 27.9 Å². The SMILES string of the molecule is C#CCC(N)c1cc(C)c(Br)s1. The van der Waals surface area contributed by atoms with Gasteiger partial charge in [0, 0.05) is 11.3 Å². The van der Waals surface area contributed by atoms with Gasteiger partial charge in [-0.2, -0.15) is 0 Å². The number of hydrogen-bond acceptors (Lipinski definition) is 2. The van der Waals surface area contributed by atoms with Gasteiger partial charge in [0.05, 0.1) is 9.83 Å². The summed E-state index contributed by atoms with van der Waals surface area (Å²) >= 11 is 5.11. The first-order chi connectivity index (χ1) is 5.65. The van der Waals surface area contributed by atoms with Gasteiger partial charge in [0.15, 0.2) is 0 Å². The van der Waals surface area contributed by atoms with E-state index >= 15 is 0 Å². The molecular formula is C9H10BrNS. The Morgan fingerprint density at radius 1 is 1.83 bits per heavy atom. The van der Waals surface area contributed by atoms with E-state index in [1.54, 1.807) is 11.3 Å². The standard InChI is InChI=1S/C9H10BrNS/c1-3-4-7(11)8-5-6(2)9(10)12-8/h1,5,7H,4,11H2,2H3. The second-order valence-corrected chi connectivity index (χ2v) is 5.02. The predicted octanol–water partition coefficient (Wildman–Crippen LogP) is 2.84. The molecule has 1 rings (SSSR count). The summed E-state index contributed by atoms with van der Waals surface area (Å²) < 4.78 is 1.14. The van der Waals surface area contributed by atoms with Crippen molar-refractivity contribution >= 4 is 27.3 Å². The van der Waals surface area contributed by atoms with Crippen molar-refractivity contribution in [1.29, 1.82) is 0 Å². The lowest BCUT2D eigenvalue weighted by atomic mass is 10.2. The molecule has 1 aromatic heterocycles. The van der Waals surface area contributed by atoms with Crippen LogP contribution in [0.4, 0.5) is 0 Å². The molecular weight excluding hydrogens is 234 g/mol. The summed E-state index contributed by atoms with van der Waals surface area (Å²) in [5.41, 5.74) is 7.06. The minimum Gasteiger partial charge on any atom is -0.322 e. The fourth-order valence-electron chi connectivity index (χ4n) is 0.894. The maximum absolute atomic E-state index is 5.83. The third-order valence-electron chi connectivity index (χ3n) is 1.58. The van der Waals surface area contributed by atoms with Crippen molar-refractivity contribution in [3.05, 3.63) is 20.3 Å². The van der Waals surface area contributed by atoms with Gasteiger partial charge in [0.1, 0.15) is 0 Å². The molecule has 0 bridgehead atoms. The lowest BCUT2D eigenvalue weighted by molar-refractivity contribution is 0.771. The molecule has 0 spiro atoms. The number of thiophene rings is 1. The topological polar surface area (TPSA) is 26.0 Å². The van der Waals surface area contributed by atoms with Gasteiger partial charge in [-0.05, 0) is 34.5 Å². The summed E-state index contributed by atoms with van der Waals surface area (Å²) in [6, 6.07) is 2.07. The fourth-order valence-corrected chi connectivity index (χ4v) is 2.47. The van der Waals surface area contributed by atoms with Gasteiger partial charge >= 0.3 is 0 Å². The average molecular weight is 244 g/mol. The van der Waals surface area contributed by atoms with Crippen molar-refractivity contribution in [2.45, 2.75) is 19.4 Å². The van der Waals surface area contributed by atoms with Gasteiger partial charge in [-0.3, -0.25) is 0 Å². The Hall–Kier alpha value is -0.300. The third kappa shape index (κ3) is 2.10. The van der Waals surface area contributed by atoms with Crippen molar-refractivity contribution in [3.63, 3.8) is 0 Å². The number of terminal acetylenes is 1. The molecule has 1 aromatic rings. The maximum atomic E-state index is 5.83. The molecule has 0 saturated heterocycles. The molecule has 1 heterocycles. The molecule has 2 N–H and O–H groups in total. The fraction of sp³-hybridized carbons (Fsp3) is 0.333. The summed E-state index contributed by atoms with van der Waals surface area (Å²) in [6.45, 7) is 2.05. The highest BCUT2D eigenvalue weighted by atomic mass is 79.9. The first-order valence-electron chi connectivity index (χ1n) is 3.60. The minimum absolute atomic E-state index is 0.00926. The lowest BCUT2D eigenvalue weighted by Crippen LogP contribution is -2.06. The van der Waals surface area contributed by atoms with Crippen LogP contribution in [-0.4, -0.2) is 0 Å². The summed E-state index contributed by atoms with van der Waals surface area (Å²) in [7, 11) is 0. The van der Waals surface area contributed by atoms with Gasteiger partial charge in [-0.1, -0.05) is 0 Å².